The summed E-state index contributed by atoms with van der Waals surface area (Å²) in [5, 5.41) is 11.9. The lowest BCUT2D eigenvalue weighted by Crippen LogP contribution is -2.57. The van der Waals surface area contributed by atoms with Crippen LogP contribution in [0.25, 0.3) is 32.8 Å². The summed E-state index contributed by atoms with van der Waals surface area (Å²) in [7, 11) is 0. The van der Waals surface area contributed by atoms with Crippen LogP contribution in [0, 0.1) is 24.6 Å². The molecule has 1 amide bonds. The number of ether oxygens (including phenoxy) is 1. The van der Waals surface area contributed by atoms with Crippen LogP contribution in [0.15, 0.2) is 42.5 Å². The highest BCUT2D eigenvalue weighted by atomic mass is 35.5. The number of nitrogens with zero attached hydrogens (tertiary/aromatic N) is 4. The van der Waals surface area contributed by atoms with Crippen molar-refractivity contribution >= 4 is 45.2 Å². The van der Waals surface area contributed by atoms with Crippen LogP contribution >= 0.6 is 11.6 Å². The zero-order valence-corrected chi connectivity index (χ0v) is 25.5. The number of aryl methyl sites for hydroxylation is 1. The van der Waals surface area contributed by atoms with Gasteiger partial charge in [-0.1, -0.05) is 53.9 Å². The third-order valence-electron chi connectivity index (χ3n) is 7.96. The monoisotopic (exact) mass is 600 g/mol. The molecule has 4 aromatic rings. The van der Waals surface area contributed by atoms with Crippen molar-refractivity contribution in [3.63, 3.8) is 0 Å². The Kier molecular flexibility index (Phi) is 7.66. The molecule has 3 heterocycles. The number of fused-ring (bicyclic) bond motifs is 4. The number of benzene rings is 3. The van der Waals surface area contributed by atoms with E-state index in [1.807, 2.05) is 62.9 Å². The minimum Gasteiger partial charge on any atom is -0.444 e. The summed E-state index contributed by atoms with van der Waals surface area (Å²) in [5.41, 5.74) is 1.50. The van der Waals surface area contributed by atoms with Crippen molar-refractivity contribution in [2.75, 3.05) is 24.6 Å². The van der Waals surface area contributed by atoms with Gasteiger partial charge < -0.3 is 14.7 Å². The maximum atomic E-state index is 16.7. The Labute approximate surface area is 255 Å². The summed E-state index contributed by atoms with van der Waals surface area (Å²) in [6.07, 6.45) is 1.62. The van der Waals surface area contributed by atoms with Gasteiger partial charge in [-0.25, -0.2) is 19.2 Å². The van der Waals surface area contributed by atoms with Gasteiger partial charge in [-0.05, 0) is 74.4 Å². The number of carbonyl (C=O) groups is 1. The van der Waals surface area contributed by atoms with Crippen LogP contribution < -0.4 is 4.90 Å². The van der Waals surface area contributed by atoms with Crippen LogP contribution in [-0.4, -0.2) is 63.4 Å². The summed E-state index contributed by atoms with van der Waals surface area (Å²) < 4.78 is 22.4. The Morgan fingerprint density at radius 1 is 1.12 bits per heavy atom. The molecule has 2 aliphatic heterocycles. The van der Waals surface area contributed by atoms with E-state index in [-0.39, 0.29) is 53.1 Å². The van der Waals surface area contributed by atoms with Crippen molar-refractivity contribution in [2.24, 2.45) is 0 Å². The van der Waals surface area contributed by atoms with Crippen LogP contribution in [0.1, 0.15) is 51.4 Å². The Hall–Kier alpha value is -3.93. The number of hydrogen-bond acceptors (Lipinski definition) is 6. The van der Waals surface area contributed by atoms with E-state index in [0.717, 1.165) is 29.2 Å². The third-order valence-corrected chi connectivity index (χ3v) is 8.26. The molecular formula is C34H34ClFN4O3. The topological polar surface area (TPSA) is 78.8 Å². The van der Waals surface area contributed by atoms with E-state index in [2.05, 4.69) is 27.8 Å². The molecule has 1 aromatic heterocycles. The molecule has 0 saturated carbocycles. The average molecular weight is 601 g/mol. The van der Waals surface area contributed by atoms with E-state index in [1.165, 1.54) is 0 Å². The van der Waals surface area contributed by atoms with E-state index in [0.29, 0.717) is 29.9 Å². The normalized spacial score (nSPS) is 18.2. The quantitative estimate of drug-likeness (QED) is 0.259. The van der Waals surface area contributed by atoms with Crippen molar-refractivity contribution in [1.29, 1.82) is 0 Å². The molecule has 6 rings (SSSR count). The molecule has 1 N–H and O–H groups in total. The fourth-order valence-electron chi connectivity index (χ4n) is 6.28. The predicted molar refractivity (Wildman–Crippen MR) is 168 cm³/mol. The zero-order valence-electron chi connectivity index (χ0n) is 24.7. The number of aliphatic hydroxyl groups is 1. The van der Waals surface area contributed by atoms with Gasteiger partial charge in [0.15, 0.2) is 5.82 Å². The van der Waals surface area contributed by atoms with Gasteiger partial charge in [0.1, 0.15) is 16.9 Å². The molecule has 9 heteroatoms. The lowest BCUT2D eigenvalue weighted by atomic mass is 9.94. The number of anilines is 1. The minimum atomic E-state index is -0.590. The van der Waals surface area contributed by atoms with Gasteiger partial charge in [0.05, 0.1) is 23.7 Å². The average Bonchev–Trinajstić information content (AvgIpc) is 3.22. The second kappa shape index (κ2) is 11.3. The molecule has 2 fully saturated rings. The first-order valence-corrected chi connectivity index (χ1v) is 15.0. The second-order valence-electron chi connectivity index (χ2n) is 12.3. The number of carbonyl (C=O) groups excluding carboxylic acids is 1. The summed E-state index contributed by atoms with van der Waals surface area (Å²) >= 11 is 6.91. The Bertz CT molecular complexity index is 1800. The first-order valence-electron chi connectivity index (χ1n) is 14.6. The fourth-order valence-corrected chi connectivity index (χ4v) is 6.57. The van der Waals surface area contributed by atoms with Crippen LogP contribution in [-0.2, 0) is 4.74 Å². The van der Waals surface area contributed by atoms with Crippen molar-refractivity contribution in [3.05, 3.63) is 64.7 Å². The number of piperazine rings is 1. The summed E-state index contributed by atoms with van der Waals surface area (Å²) in [6, 6.07) is 13.4. The number of aliphatic hydroxyl groups excluding tert-OH is 1. The highest BCUT2D eigenvalue weighted by Gasteiger charge is 2.45. The van der Waals surface area contributed by atoms with Crippen molar-refractivity contribution < 1.29 is 19.0 Å². The number of amides is 1. The maximum absolute atomic E-state index is 16.7. The van der Waals surface area contributed by atoms with Gasteiger partial charge in [0.2, 0.25) is 5.82 Å². The van der Waals surface area contributed by atoms with Gasteiger partial charge in [0.25, 0.3) is 0 Å². The van der Waals surface area contributed by atoms with Gasteiger partial charge in [-0.3, -0.25) is 4.90 Å². The van der Waals surface area contributed by atoms with Crippen molar-refractivity contribution in [1.82, 2.24) is 14.9 Å². The molecule has 0 spiro atoms. The highest BCUT2D eigenvalue weighted by molar-refractivity contribution is 6.35. The van der Waals surface area contributed by atoms with Crippen molar-refractivity contribution in [3.8, 4) is 23.0 Å². The molecular weight excluding hydrogens is 567 g/mol. The van der Waals surface area contributed by atoms with E-state index in [9.17, 15) is 9.90 Å². The molecule has 0 radical (unpaired) electrons. The van der Waals surface area contributed by atoms with E-state index in [1.54, 1.807) is 6.07 Å². The van der Waals surface area contributed by atoms with Crippen molar-refractivity contribution in [2.45, 2.75) is 64.6 Å². The fraction of sp³-hybridized carbons (Fsp3) is 0.382. The Morgan fingerprint density at radius 2 is 1.84 bits per heavy atom. The van der Waals surface area contributed by atoms with Crippen LogP contribution in [0.3, 0.4) is 0 Å². The van der Waals surface area contributed by atoms with E-state index in [4.69, 9.17) is 21.3 Å². The number of aromatic nitrogens is 2. The molecule has 2 saturated heterocycles. The molecule has 2 aliphatic rings. The van der Waals surface area contributed by atoms with E-state index < -0.39 is 11.4 Å². The third kappa shape index (κ3) is 5.60. The standard InChI is InChI=1S/C34H34ClFN4O3/c1-20-15-21-9-5-6-10-24(21)25(16-20)29-27(35)17-26-31(30(29)36)37-28(11-7-8-14-41)38-32(26)39-18-22-12-13-23(19-39)40(22)33(42)43-34(2,3)4/h5-6,9-10,15-17,22-23,41H,8,12-14,18-19H2,1-4H3. The number of rotatable bonds is 3. The number of halogens is 2. The smallest absolute Gasteiger partial charge is 0.410 e. The van der Waals surface area contributed by atoms with Crippen LogP contribution in [0.2, 0.25) is 5.02 Å². The largest absolute Gasteiger partial charge is 0.444 e. The summed E-state index contributed by atoms with van der Waals surface area (Å²) in [5.74, 6) is 5.93. The Morgan fingerprint density at radius 3 is 2.53 bits per heavy atom. The zero-order chi connectivity index (χ0) is 30.5. The second-order valence-corrected chi connectivity index (χ2v) is 12.7. The SMILES string of the molecule is Cc1cc(-c2c(Cl)cc3c(N4CC5CCC(C4)N5C(=O)OC(C)(C)C)nc(C#CCCO)nc3c2F)c2ccccc2c1. The lowest BCUT2D eigenvalue weighted by molar-refractivity contribution is 0.0123. The first-order chi connectivity index (χ1) is 20.5. The maximum Gasteiger partial charge on any atom is 0.410 e. The summed E-state index contributed by atoms with van der Waals surface area (Å²) in [4.78, 5) is 26.3. The molecule has 2 atom stereocenters. The molecule has 0 aliphatic carbocycles. The summed E-state index contributed by atoms with van der Waals surface area (Å²) in [6.45, 7) is 8.48. The molecule has 222 valence electrons. The van der Waals surface area contributed by atoms with E-state index >= 15 is 4.39 Å². The van der Waals surface area contributed by atoms with Gasteiger partial charge in [0, 0.05) is 30.5 Å². The van der Waals surface area contributed by atoms with Gasteiger partial charge in [-0.2, -0.15) is 0 Å². The lowest BCUT2D eigenvalue weighted by Gasteiger charge is -2.42. The molecule has 2 bridgehead atoms. The molecule has 43 heavy (non-hydrogen) atoms. The van der Waals surface area contributed by atoms with Gasteiger partial charge >= 0.3 is 6.09 Å². The predicted octanol–water partition coefficient (Wildman–Crippen LogP) is 6.87. The van der Waals surface area contributed by atoms with Gasteiger partial charge in [-0.15, -0.1) is 0 Å². The highest BCUT2D eigenvalue weighted by Crippen LogP contribution is 2.42. The number of hydrogen-bond donors (Lipinski definition) is 1. The van der Waals surface area contributed by atoms with Crippen LogP contribution in [0.4, 0.5) is 15.0 Å². The Balaban J connectivity index is 1.48. The molecule has 2 unspecified atom stereocenters. The van der Waals surface area contributed by atoms with Crippen LogP contribution in [0.5, 0.6) is 0 Å². The minimum absolute atomic E-state index is 0.0687. The molecule has 3 aromatic carbocycles. The first kappa shape index (κ1) is 29.2. The molecule has 7 nitrogen and oxygen atoms in total.